The fourth-order valence-electron chi connectivity index (χ4n) is 7.51. The highest BCUT2D eigenvalue weighted by Gasteiger charge is 2.53. The fourth-order valence-corrected chi connectivity index (χ4v) is 8.22. The standard InChI is InChI=1S/C33H40N4O4S/c1-2-40-30(39)28-34-26(20-42-28)24-9-6-10-25(19-24)37(29(38)23-7-4-3-5-8-23)21-32-13-16-33(17-14-32,18-15-32)31-35-27(36-41-31)22-11-12-22/h6,9-10,19-20,22-23H,2-5,7-8,11-18,21H2,1H3. The van der Waals surface area contributed by atoms with Crippen LogP contribution in [0.5, 0.6) is 0 Å². The Kier molecular flexibility index (Phi) is 7.41. The largest absolute Gasteiger partial charge is 0.461 e. The van der Waals surface area contributed by atoms with Crippen molar-refractivity contribution in [2.24, 2.45) is 11.3 Å². The van der Waals surface area contributed by atoms with Gasteiger partial charge in [0.05, 0.1) is 12.3 Å². The van der Waals surface area contributed by atoms with Crippen LogP contribution in [-0.2, 0) is 14.9 Å². The highest BCUT2D eigenvalue weighted by Crippen LogP contribution is 2.58. The third kappa shape index (κ3) is 5.29. The number of hydrogen-bond donors (Lipinski definition) is 0. The van der Waals surface area contributed by atoms with Crippen molar-refractivity contribution in [3.8, 4) is 11.3 Å². The van der Waals surface area contributed by atoms with Gasteiger partial charge in [0.1, 0.15) is 0 Å². The van der Waals surface area contributed by atoms with Gasteiger partial charge in [-0.1, -0.05) is 36.6 Å². The number of ether oxygens (including phenoxy) is 1. The molecule has 2 bridgehead atoms. The minimum Gasteiger partial charge on any atom is -0.461 e. The van der Waals surface area contributed by atoms with E-state index in [1.807, 2.05) is 17.5 Å². The number of carbonyl (C=O) groups is 2. The molecular formula is C33H40N4O4S. The maximum absolute atomic E-state index is 14.2. The van der Waals surface area contributed by atoms with Crippen LogP contribution in [0.4, 0.5) is 5.69 Å². The summed E-state index contributed by atoms with van der Waals surface area (Å²) in [6, 6.07) is 8.15. The summed E-state index contributed by atoms with van der Waals surface area (Å²) in [5, 5.41) is 6.57. The van der Waals surface area contributed by atoms with Crippen LogP contribution >= 0.6 is 11.3 Å². The van der Waals surface area contributed by atoms with Gasteiger partial charge in [-0.25, -0.2) is 9.78 Å². The molecule has 0 atom stereocenters. The van der Waals surface area contributed by atoms with Crippen molar-refractivity contribution in [2.45, 2.75) is 102 Å². The summed E-state index contributed by atoms with van der Waals surface area (Å²) in [7, 11) is 0. The lowest BCUT2D eigenvalue weighted by atomic mass is 9.53. The highest BCUT2D eigenvalue weighted by molar-refractivity contribution is 7.11. The first-order valence-electron chi connectivity index (χ1n) is 15.9. The number of benzene rings is 1. The summed E-state index contributed by atoms with van der Waals surface area (Å²) in [5.41, 5.74) is 2.67. The minimum absolute atomic E-state index is 0.00126. The van der Waals surface area contributed by atoms with E-state index in [4.69, 9.17) is 14.2 Å². The van der Waals surface area contributed by atoms with Crippen molar-refractivity contribution in [1.82, 2.24) is 15.1 Å². The summed E-state index contributed by atoms with van der Waals surface area (Å²) >= 11 is 1.29. The van der Waals surface area contributed by atoms with Gasteiger partial charge >= 0.3 is 5.97 Å². The van der Waals surface area contributed by atoms with Crippen molar-refractivity contribution in [3.63, 3.8) is 0 Å². The lowest BCUT2D eigenvalue weighted by molar-refractivity contribution is -0.124. The molecule has 222 valence electrons. The summed E-state index contributed by atoms with van der Waals surface area (Å²) in [6.07, 6.45) is 14.1. The Morgan fingerprint density at radius 2 is 1.79 bits per heavy atom. The van der Waals surface area contributed by atoms with Crippen LogP contribution in [0.25, 0.3) is 11.3 Å². The molecule has 8 rings (SSSR count). The Morgan fingerprint density at radius 1 is 1.02 bits per heavy atom. The van der Waals surface area contributed by atoms with Gasteiger partial charge in [0, 0.05) is 40.4 Å². The second-order valence-corrected chi connectivity index (χ2v) is 13.9. The predicted octanol–water partition coefficient (Wildman–Crippen LogP) is 7.45. The number of fused-ring (bicyclic) bond motifs is 3. The Hall–Kier alpha value is -3.07. The number of carbonyl (C=O) groups excluding carboxylic acids is 2. The second kappa shape index (κ2) is 11.2. The van der Waals surface area contributed by atoms with E-state index in [1.165, 1.54) is 30.6 Å². The Bertz CT molecular complexity index is 1430. The molecule has 0 saturated heterocycles. The third-order valence-electron chi connectivity index (χ3n) is 10.4. The molecule has 42 heavy (non-hydrogen) atoms. The molecule has 8 nitrogen and oxygen atoms in total. The molecule has 0 unspecified atom stereocenters. The zero-order chi connectivity index (χ0) is 28.7. The Morgan fingerprint density at radius 3 is 2.50 bits per heavy atom. The van der Waals surface area contributed by atoms with Crippen LogP contribution in [0.15, 0.2) is 34.2 Å². The zero-order valence-electron chi connectivity index (χ0n) is 24.5. The quantitative estimate of drug-likeness (QED) is 0.239. The van der Waals surface area contributed by atoms with E-state index in [-0.39, 0.29) is 22.7 Å². The van der Waals surface area contributed by atoms with E-state index < -0.39 is 5.97 Å². The SMILES string of the molecule is CCOC(=O)c1nc(-c2cccc(N(CC34CCC(c5nc(C6CC6)no5)(CC3)CC4)C(=O)C3CCCCC3)c2)cs1. The monoisotopic (exact) mass is 588 g/mol. The van der Waals surface area contributed by atoms with Crippen molar-refractivity contribution < 1.29 is 18.8 Å². The Balaban J connectivity index is 1.14. The number of esters is 1. The van der Waals surface area contributed by atoms with Gasteiger partial charge in [-0.2, -0.15) is 4.98 Å². The molecule has 5 fully saturated rings. The van der Waals surface area contributed by atoms with Crippen molar-refractivity contribution in [1.29, 1.82) is 0 Å². The van der Waals surface area contributed by atoms with Gasteiger partial charge in [0.2, 0.25) is 16.8 Å². The number of anilines is 1. The molecule has 0 aliphatic heterocycles. The molecule has 1 aromatic carbocycles. The molecule has 0 N–H and O–H groups in total. The van der Waals surface area contributed by atoms with Gasteiger partial charge in [-0.3, -0.25) is 4.79 Å². The number of thiazole rings is 1. The molecule has 2 heterocycles. The molecule has 5 aliphatic rings. The zero-order valence-corrected chi connectivity index (χ0v) is 25.3. The third-order valence-corrected chi connectivity index (χ3v) is 11.2. The van der Waals surface area contributed by atoms with Gasteiger partial charge in [-0.05, 0) is 88.7 Å². The van der Waals surface area contributed by atoms with E-state index >= 15 is 0 Å². The molecule has 5 aliphatic carbocycles. The number of rotatable bonds is 9. The first-order chi connectivity index (χ1) is 20.5. The van der Waals surface area contributed by atoms with Crippen LogP contribution in [0, 0.1) is 11.3 Å². The van der Waals surface area contributed by atoms with Crippen LogP contribution < -0.4 is 4.90 Å². The van der Waals surface area contributed by atoms with Crippen LogP contribution in [0.3, 0.4) is 0 Å². The lowest BCUT2D eigenvalue weighted by Crippen LogP contribution is -2.51. The van der Waals surface area contributed by atoms with Crippen molar-refractivity contribution in [2.75, 3.05) is 18.1 Å². The molecule has 9 heteroatoms. The summed E-state index contributed by atoms with van der Waals surface area (Å²) in [6.45, 7) is 2.85. The number of amides is 1. The summed E-state index contributed by atoms with van der Waals surface area (Å²) in [5.74, 6) is 2.21. The van der Waals surface area contributed by atoms with E-state index in [0.29, 0.717) is 17.5 Å². The normalized spacial score (nSPS) is 25.8. The smallest absolute Gasteiger partial charge is 0.367 e. The van der Waals surface area contributed by atoms with Gasteiger partial charge in [0.25, 0.3) is 0 Å². The van der Waals surface area contributed by atoms with E-state index in [1.54, 1.807) is 6.92 Å². The van der Waals surface area contributed by atoms with E-state index in [2.05, 4.69) is 27.2 Å². The lowest BCUT2D eigenvalue weighted by Gasteiger charge is -2.53. The van der Waals surface area contributed by atoms with Gasteiger partial charge in [0.15, 0.2) is 5.82 Å². The van der Waals surface area contributed by atoms with E-state index in [0.717, 1.165) is 99.4 Å². The molecule has 1 amide bonds. The maximum Gasteiger partial charge on any atom is 0.367 e. The van der Waals surface area contributed by atoms with Crippen LogP contribution in [0.2, 0.25) is 0 Å². The maximum atomic E-state index is 14.2. The minimum atomic E-state index is -0.395. The average molecular weight is 589 g/mol. The highest BCUT2D eigenvalue weighted by atomic mass is 32.1. The number of hydrogen-bond acceptors (Lipinski definition) is 8. The first-order valence-corrected chi connectivity index (χ1v) is 16.7. The fraction of sp³-hybridized carbons (Fsp3) is 0.606. The van der Waals surface area contributed by atoms with Crippen molar-refractivity contribution in [3.05, 3.63) is 46.4 Å². The Labute approximate surface area is 251 Å². The van der Waals surface area contributed by atoms with Crippen molar-refractivity contribution >= 4 is 28.9 Å². The molecule has 0 spiro atoms. The molecular weight excluding hydrogens is 548 g/mol. The molecule has 3 aromatic rings. The summed E-state index contributed by atoms with van der Waals surface area (Å²) < 4.78 is 11.0. The molecule has 5 saturated carbocycles. The second-order valence-electron chi connectivity index (χ2n) is 13.1. The number of aromatic nitrogens is 3. The van der Waals surface area contributed by atoms with Crippen LogP contribution in [-0.4, -0.2) is 40.2 Å². The molecule has 2 aromatic heterocycles. The average Bonchev–Trinajstić information content (AvgIpc) is 3.54. The summed E-state index contributed by atoms with van der Waals surface area (Å²) in [4.78, 5) is 38.0. The van der Waals surface area contributed by atoms with Gasteiger partial charge < -0.3 is 14.2 Å². The van der Waals surface area contributed by atoms with Crippen LogP contribution in [0.1, 0.15) is 118 Å². The molecule has 0 radical (unpaired) electrons. The van der Waals surface area contributed by atoms with E-state index in [9.17, 15) is 9.59 Å². The first kappa shape index (κ1) is 27.7. The van der Waals surface area contributed by atoms with Gasteiger partial charge in [-0.15, -0.1) is 11.3 Å². The number of nitrogens with zero attached hydrogens (tertiary/aromatic N) is 4. The predicted molar refractivity (Wildman–Crippen MR) is 161 cm³/mol. The topological polar surface area (TPSA) is 98.4 Å².